The van der Waals surface area contributed by atoms with E-state index in [-0.39, 0.29) is 0 Å². The summed E-state index contributed by atoms with van der Waals surface area (Å²) in [6.07, 6.45) is 6.46. The predicted molar refractivity (Wildman–Crippen MR) is 65.5 cm³/mol. The number of hydrogen-bond acceptors (Lipinski definition) is 4. The van der Waals surface area contributed by atoms with Crippen LogP contribution in [0.25, 0.3) is 0 Å². The molecule has 1 fully saturated rings. The lowest BCUT2D eigenvalue weighted by molar-refractivity contribution is 0.0607. The Bertz CT molecular complexity index is 356. The van der Waals surface area contributed by atoms with Crippen LogP contribution in [0.4, 0.5) is 11.4 Å². The Morgan fingerprint density at radius 2 is 2.38 bits per heavy atom. The van der Waals surface area contributed by atoms with Crippen molar-refractivity contribution in [2.24, 2.45) is 0 Å². The Balaban J connectivity index is 1.98. The number of pyridine rings is 1. The van der Waals surface area contributed by atoms with Gasteiger partial charge in [0, 0.05) is 19.8 Å². The molecule has 16 heavy (non-hydrogen) atoms. The fourth-order valence-electron chi connectivity index (χ4n) is 2.17. The average molecular weight is 221 g/mol. The number of nitrogens with two attached hydrogens (primary N) is 1. The summed E-state index contributed by atoms with van der Waals surface area (Å²) >= 11 is 0. The minimum absolute atomic E-state index is 0.326. The quantitative estimate of drug-likeness (QED) is 0.843. The van der Waals surface area contributed by atoms with Crippen molar-refractivity contribution in [3.05, 3.63) is 18.5 Å². The molecular formula is C12H19N3O. The zero-order chi connectivity index (χ0) is 11.5. The van der Waals surface area contributed by atoms with Gasteiger partial charge in [-0.2, -0.15) is 0 Å². The van der Waals surface area contributed by atoms with Gasteiger partial charge in [0.15, 0.2) is 0 Å². The highest BCUT2D eigenvalue weighted by Gasteiger charge is 2.23. The van der Waals surface area contributed by atoms with Crippen molar-refractivity contribution in [3.8, 4) is 0 Å². The molecule has 2 rings (SSSR count). The minimum Gasteiger partial charge on any atom is -0.396 e. The van der Waals surface area contributed by atoms with Crippen LogP contribution >= 0.6 is 0 Å². The molecule has 0 radical (unpaired) electrons. The van der Waals surface area contributed by atoms with Gasteiger partial charge in [0.2, 0.25) is 0 Å². The molecular weight excluding hydrogens is 202 g/mol. The zero-order valence-corrected chi connectivity index (χ0v) is 9.89. The summed E-state index contributed by atoms with van der Waals surface area (Å²) in [5.41, 5.74) is 7.62. The Labute approximate surface area is 96.4 Å². The molecule has 1 aromatic rings. The van der Waals surface area contributed by atoms with Crippen molar-refractivity contribution in [3.63, 3.8) is 0 Å². The van der Waals surface area contributed by atoms with Crippen molar-refractivity contribution >= 4 is 11.4 Å². The summed E-state index contributed by atoms with van der Waals surface area (Å²) in [4.78, 5) is 6.13. The van der Waals surface area contributed by atoms with E-state index >= 15 is 0 Å². The number of hydrogen-bond donors (Lipinski definition) is 1. The fraction of sp³-hybridized carbons (Fsp3) is 0.583. The van der Waals surface area contributed by atoms with E-state index < -0.39 is 0 Å². The fourth-order valence-corrected chi connectivity index (χ4v) is 2.17. The van der Waals surface area contributed by atoms with Crippen LogP contribution in [0.2, 0.25) is 0 Å². The Kier molecular flexibility index (Phi) is 3.29. The largest absolute Gasteiger partial charge is 0.396 e. The maximum Gasteiger partial charge on any atom is 0.0754 e. The molecule has 4 nitrogen and oxygen atoms in total. The lowest BCUT2D eigenvalue weighted by Crippen LogP contribution is -2.29. The van der Waals surface area contributed by atoms with E-state index in [1.54, 1.807) is 12.4 Å². The summed E-state index contributed by atoms with van der Waals surface area (Å²) in [5.74, 6) is 0. The summed E-state index contributed by atoms with van der Waals surface area (Å²) in [6, 6.07) is 1.94. The Hall–Kier alpha value is -1.29. The molecule has 2 N–H and O–H groups in total. The van der Waals surface area contributed by atoms with Crippen molar-refractivity contribution in [2.45, 2.75) is 32.0 Å². The number of nitrogen functional groups attached to an aromatic ring is 1. The van der Waals surface area contributed by atoms with Gasteiger partial charge in [-0.3, -0.25) is 4.98 Å². The van der Waals surface area contributed by atoms with E-state index in [1.165, 1.54) is 0 Å². The second kappa shape index (κ2) is 4.70. The van der Waals surface area contributed by atoms with E-state index in [9.17, 15) is 0 Å². The molecule has 0 bridgehead atoms. The number of aromatic nitrogens is 1. The van der Waals surface area contributed by atoms with Crippen LogP contribution in [0.3, 0.4) is 0 Å². The molecule has 0 aromatic carbocycles. The number of rotatable bonds is 3. The van der Waals surface area contributed by atoms with Gasteiger partial charge in [0.1, 0.15) is 0 Å². The molecule has 0 aliphatic carbocycles. The van der Waals surface area contributed by atoms with Crippen LogP contribution in [0, 0.1) is 0 Å². The molecule has 0 amide bonds. The van der Waals surface area contributed by atoms with Crippen LogP contribution in [-0.2, 0) is 4.74 Å². The summed E-state index contributed by atoms with van der Waals surface area (Å²) in [7, 11) is 2.04. The Morgan fingerprint density at radius 1 is 1.56 bits per heavy atom. The van der Waals surface area contributed by atoms with Gasteiger partial charge in [-0.1, -0.05) is 0 Å². The molecule has 2 unspecified atom stereocenters. The number of nitrogens with zero attached hydrogens (tertiary/aromatic N) is 2. The number of ether oxygens (including phenoxy) is 1. The lowest BCUT2D eigenvalue weighted by Gasteiger charge is -2.24. The van der Waals surface area contributed by atoms with Gasteiger partial charge in [-0.05, 0) is 25.8 Å². The third kappa shape index (κ3) is 2.44. The highest BCUT2D eigenvalue weighted by atomic mass is 16.5. The molecule has 1 aliphatic rings. The molecule has 0 spiro atoms. The third-order valence-electron chi connectivity index (χ3n) is 3.04. The maximum atomic E-state index is 5.88. The van der Waals surface area contributed by atoms with Crippen LogP contribution in [0.15, 0.2) is 18.5 Å². The monoisotopic (exact) mass is 221 g/mol. The van der Waals surface area contributed by atoms with Crippen molar-refractivity contribution in [2.75, 3.05) is 24.2 Å². The smallest absolute Gasteiger partial charge is 0.0754 e. The molecule has 1 saturated heterocycles. The van der Waals surface area contributed by atoms with Crippen molar-refractivity contribution < 1.29 is 4.74 Å². The van der Waals surface area contributed by atoms with E-state index in [0.717, 1.165) is 30.8 Å². The molecule has 1 aromatic heterocycles. The highest BCUT2D eigenvalue weighted by molar-refractivity contribution is 5.65. The topological polar surface area (TPSA) is 51.4 Å². The first kappa shape index (κ1) is 11.2. The first-order valence-corrected chi connectivity index (χ1v) is 5.73. The number of likely N-dealkylation sites (N-methyl/N-ethyl adjacent to an activating group) is 1. The first-order chi connectivity index (χ1) is 7.66. The number of anilines is 2. The molecule has 1 aliphatic heterocycles. The average Bonchev–Trinajstić information content (AvgIpc) is 2.64. The van der Waals surface area contributed by atoms with E-state index in [2.05, 4.69) is 16.8 Å². The molecule has 0 saturated carbocycles. The maximum absolute atomic E-state index is 5.88. The first-order valence-electron chi connectivity index (χ1n) is 5.73. The normalized spacial score (nSPS) is 24.6. The van der Waals surface area contributed by atoms with Gasteiger partial charge in [0.05, 0.1) is 29.8 Å². The van der Waals surface area contributed by atoms with Gasteiger partial charge in [-0.25, -0.2) is 0 Å². The summed E-state index contributed by atoms with van der Waals surface area (Å²) in [5, 5.41) is 0. The van der Waals surface area contributed by atoms with E-state index in [1.807, 2.05) is 13.1 Å². The molecule has 4 heteroatoms. The molecule has 88 valence electrons. The van der Waals surface area contributed by atoms with Gasteiger partial charge < -0.3 is 15.4 Å². The SMILES string of the molecule is CC1CCC(CN(C)c2ccncc2N)O1. The van der Waals surface area contributed by atoms with Crippen LogP contribution in [0.1, 0.15) is 19.8 Å². The summed E-state index contributed by atoms with van der Waals surface area (Å²) in [6.45, 7) is 3.01. The van der Waals surface area contributed by atoms with E-state index in [0.29, 0.717) is 12.2 Å². The summed E-state index contributed by atoms with van der Waals surface area (Å²) < 4.78 is 5.80. The molecule has 2 atom stereocenters. The second-order valence-electron chi connectivity index (χ2n) is 4.46. The lowest BCUT2D eigenvalue weighted by atomic mass is 10.2. The van der Waals surface area contributed by atoms with Crippen LogP contribution < -0.4 is 10.6 Å². The van der Waals surface area contributed by atoms with Crippen molar-refractivity contribution in [1.29, 1.82) is 0 Å². The third-order valence-corrected chi connectivity index (χ3v) is 3.04. The van der Waals surface area contributed by atoms with Gasteiger partial charge >= 0.3 is 0 Å². The molecule has 2 heterocycles. The predicted octanol–water partition coefficient (Wildman–Crippen LogP) is 1.67. The standard InChI is InChI=1S/C12H19N3O/c1-9-3-4-10(16-9)8-15(2)12-5-6-14-7-11(12)13/h5-7,9-10H,3-4,8,13H2,1-2H3. The van der Waals surface area contributed by atoms with Crippen LogP contribution in [0.5, 0.6) is 0 Å². The van der Waals surface area contributed by atoms with Gasteiger partial charge in [0.25, 0.3) is 0 Å². The Morgan fingerprint density at radius 3 is 3.00 bits per heavy atom. The highest BCUT2D eigenvalue weighted by Crippen LogP contribution is 2.24. The van der Waals surface area contributed by atoms with Gasteiger partial charge in [-0.15, -0.1) is 0 Å². The minimum atomic E-state index is 0.326. The van der Waals surface area contributed by atoms with Crippen molar-refractivity contribution in [1.82, 2.24) is 4.98 Å². The van der Waals surface area contributed by atoms with E-state index in [4.69, 9.17) is 10.5 Å². The zero-order valence-electron chi connectivity index (χ0n) is 9.89. The second-order valence-corrected chi connectivity index (χ2v) is 4.46. The van der Waals surface area contributed by atoms with Crippen LogP contribution in [-0.4, -0.2) is 30.8 Å².